The molecule has 0 aliphatic rings. The van der Waals surface area contributed by atoms with Crippen LogP contribution in [0.2, 0.25) is 5.02 Å². The van der Waals surface area contributed by atoms with Crippen molar-refractivity contribution in [3.8, 4) is 38.4 Å². The molecule has 0 unspecified atom stereocenters. The number of nitrogens with two attached hydrogens (primary N) is 1. The van der Waals surface area contributed by atoms with E-state index in [1.807, 2.05) is 29.6 Å². The lowest BCUT2D eigenvalue weighted by Crippen LogP contribution is -2.11. The fourth-order valence-corrected chi connectivity index (χ4v) is 5.94. The number of hydrogen-bond donors (Lipinski definition) is 3. The highest BCUT2D eigenvalue weighted by Crippen LogP contribution is 2.43. The summed E-state index contributed by atoms with van der Waals surface area (Å²) in [4.78, 5) is 22.7. The molecule has 0 aliphatic carbocycles. The largest absolute Gasteiger partial charge is 0.493 e. The summed E-state index contributed by atoms with van der Waals surface area (Å²) < 4.78 is 16.3. The van der Waals surface area contributed by atoms with Crippen molar-refractivity contribution in [1.82, 2.24) is 9.97 Å². The van der Waals surface area contributed by atoms with E-state index in [0.29, 0.717) is 50.2 Å². The maximum Gasteiger partial charge on any atom is 0.255 e. The molecule has 4 N–H and O–H groups in total. The van der Waals surface area contributed by atoms with E-state index in [9.17, 15) is 4.79 Å². The van der Waals surface area contributed by atoms with Crippen molar-refractivity contribution in [2.75, 3.05) is 37.7 Å². The van der Waals surface area contributed by atoms with Crippen molar-refractivity contribution < 1.29 is 19.0 Å². The Kier molecular flexibility index (Phi) is 8.06. The van der Waals surface area contributed by atoms with E-state index in [-0.39, 0.29) is 5.91 Å². The minimum absolute atomic E-state index is 0.247. The minimum atomic E-state index is -0.247. The Morgan fingerprint density at radius 2 is 1.68 bits per heavy atom. The lowest BCUT2D eigenvalue weighted by molar-refractivity contribution is 0.102. The molecule has 0 saturated carbocycles. The van der Waals surface area contributed by atoms with Crippen molar-refractivity contribution in [1.29, 1.82) is 0 Å². The van der Waals surface area contributed by atoms with Crippen molar-refractivity contribution >= 4 is 62.5 Å². The number of halogens is 1. The highest BCUT2D eigenvalue weighted by atomic mass is 35.5. The van der Waals surface area contributed by atoms with Gasteiger partial charge in [0.15, 0.2) is 16.6 Å². The number of nitrogens with one attached hydrogen (secondary N) is 2. The molecule has 0 aliphatic heterocycles. The van der Waals surface area contributed by atoms with E-state index in [4.69, 9.17) is 36.5 Å². The Hall–Kier alpha value is -4.32. The molecule has 5 rings (SSSR count). The third-order valence-corrected chi connectivity index (χ3v) is 7.99. The Balaban J connectivity index is 1.35. The van der Waals surface area contributed by atoms with Crippen molar-refractivity contribution in [2.45, 2.75) is 0 Å². The summed E-state index contributed by atoms with van der Waals surface area (Å²) in [6, 6.07) is 17.9. The van der Waals surface area contributed by atoms with Gasteiger partial charge in [0.1, 0.15) is 15.7 Å². The molecule has 0 atom stereocenters. The quantitative estimate of drug-likeness (QED) is 0.164. The first kappa shape index (κ1) is 27.3. The van der Waals surface area contributed by atoms with Gasteiger partial charge in [0.05, 0.1) is 27.0 Å². The normalized spacial score (nSPS) is 10.7. The van der Waals surface area contributed by atoms with Gasteiger partial charge in [0.25, 0.3) is 5.91 Å². The number of aromatic nitrogens is 2. The standard InChI is InChI=1S/C28H24ClN5O4S2/c1-36-21-12-19(13-22(37-2)23(21)38-3)32-28-34-25(30)24(40-28)27-33-20(14-39-27)15-6-5-9-18(11-15)31-26(35)16-7-4-8-17(29)10-16/h4-14H,30H2,1-3H3,(H,31,35)(H,32,34). The van der Waals surface area contributed by atoms with Crippen LogP contribution in [0.15, 0.2) is 66.0 Å². The van der Waals surface area contributed by atoms with Crippen LogP contribution in [0.25, 0.3) is 21.1 Å². The zero-order valence-electron chi connectivity index (χ0n) is 21.7. The maximum atomic E-state index is 12.6. The Labute approximate surface area is 243 Å². The lowest BCUT2D eigenvalue weighted by Gasteiger charge is -2.14. The molecule has 0 saturated heterocycles. The van der Waals surface area contributed by atoms with Crippen LogP contribution in [-0.2, 0) is 0 Å². The number of ether oxygens (including phenoxy) is 3. The molecule has 1 amide bonds. The first-order valence-corrected chi connectivity index (χ1v) is 13.9. The second-order valence-corrected chi connectivity index (χ2v) is 10.6. The van der Waals surface area contributed by atoms with E-state index in [1.165, 1.54) is 22.7 Å². The van der Waals surface area contributed by atoms with E-state index in [2.05, 4.69) is 15.6 Å². The molecule has 3 aromatic carbocycles. The van der Waals surface area contributed by atoms with Crippen molar-refractivity contribution in [2.24, 2.45) is 0 Å². The molecule has 9 nitrogen and oxygen atoms in total. The summed E-state index contributed by atoms with van der Waals surface area (Å²) in [5.41, 5.74) is 9.71. The van der Waals surface area contributed by atoms with Gasteiger partial charge in [-0.3, -0.25) is 4.79 Å². The first-order chi connectivity index (χ1) is 19.4. The summed E-state index contributed by atoms with van der Waals surface area (Å²) in [6.45, 7) is 0. The number of thiazole rings is 2. The van der Waals surface area contributed by atoms with E-state index in [1.54, 1.807) is 57.7 Å². The Morgan fingerprint density at radius 3 is 2.38 bits per heavy atom. The van der Waals surface area contributed by atoms with Crippen LogP contribution in [0, 0.1) is 0 Å². The van der Waals surface area contributed by atoms with Crippen LogP contribution >= 0.6 is 34.3 Å². The highest BCUT2D eigenvalue weighted by Gasteiger charge is 2.18. The first-order valence-electron chi connectivity index (χ1n) is 11.8. The molecule has 12 heteroatoms. The molecule has 0 fully saturated rings. The number of carbonyl (C=O) groups excluding carboxylic acids is 1. The Morgan fingerprint density at radius 1 is 0.925 bits per heavy atom. The Bertz CT molecular complexity index is 1660. The monoisotopic (exact) mass is 593 g/mol. The van der Waals surface area contributed by atoms with Crippen LogP contribution in [0.1, 0.15) is 10.4 Å². The van der Waals surface area contributed by atoms with Gasteiger partial charge in [-0.1, -0.05) is 41.1 Å². The van der Waals surface area contributed by atoms with Gasteiger partial charge < -0.3 is 30.6 Å². The van der Waals surface area contributed by atoms with Crippen molar-refractivity contribution in [3.63, 3.8) is 0 Å². The SMILES string of the molecule is COc1cc(Nc2nc(N)c(-c3nc(-c4cccc(NC(=O)c5cccc(Cl)c5)c4)cs3)s2)cc(OC)c1OC. The summed E-state index contributed by atoms with van der Waals surface area (Å²) >= 11 is 8.86. The zero-order chi connectivity index (χ0) is 28.2. The van der Waals surface area contributed by atoms with Crippen LogP contribution in [0.5, 0.6) is 17.2 Å². The second-order valence-electron chi connectivity index (χ2n) is 8.36. The highest BCUT2D eigenvalue weighted by molar-refractivity contribution is 7.23. The predicted octanol–water partition coefficient (Wildman–Crippen LogP) is 7.19. The predicted molar refractivity (Wildman–Crippen MR) is 162 cm³/mol. The maximum absolute atomic E-state index is 12.6. The molecule has 2 aromatic heterocycles. The van der Waals surface area contributed by atoms with Crippen LogP contribution in [0.3, 0.4) is 0 Å². The fourth-order valence-electron chi connectivity index (χ4n) is 3.92. The smallest absolute Gasteiger partial charge is 0.255 e. The lowest BCUT2D eigenvalue weighted by atomic mass is 10.1. The van der Waals surface area contributed by atoms with E-state index < -0.39 is 0 Å². The molecule has 0 spiro atoms. The average Bonchev–Trinajstić information content (AvgIpc) is 3.59. The van der Waals surface area contributed by atoms with Crippen LogP contribution in [-0.4, -0.2) is 37.2 Å². The molecule has 2 heterocycles. The van der Waals surface area contributed by atoms with Crippen LogP contribution < -0.4 is 30.6 Å². The van der Waals surface area contributed by atoms with E-state index in [0.717, 1.165) is 21.1 Å². The number of benzene rings is 3. The molecular weight excluding hydrogens is 570 g/mol. The molecule has 5 aromatic rings. The summed E-state index contributed by atoms with van der Waals surface area (Å²) in [6.07, 6.45) is 0. The number of carbonyl (C=O) groups is 1. The average molecular weight is 594 g/mol. The fraction of sp³-hybridized carbons (Fsp3) is 0.107. The number of methoxy groups -OCH3 is 3. The summed E-state index contributed by atoms with van der Waals surface area (Å²) in [5.74, 6) is 1.65. The molecule has 40 heavy (non-hydrogen) atoms. The van der Waals surface area contributed by atoms with Crippen molar-refractivity contribution in [3.05, 3.63) is 76.6 Å². The third-order valence-electron chi connectivity index (χ3n) is 5.77. The number of anilines is 4. The van der Waals surface area contributed by atoms with Gasteiger partial charge in [0, 0.05) is 45.0 Å². The minimum Gasteiger partial charge on any atom is -0.493 e. The molecule has 204 valence electrons. The van der Waals surface area contributed by atoms with Gasteiger partial charge >= 0.3 is 0 Å². The van der Waals surface area contributed by atoms with E-state index >= 15 is 0 Å². The summed E-state index contributed by atoms with van der Waals surface area (Å²) in [5, 5.41) is 9.93. The molecule has 0 bridgehead atoms. The molecule has 0 radical (unpaired) electrons. The molecular formula is C28H24ClN5O4S2. The second kappa shape index (κ2) is 11.8. The van der Waals surface area contributed by atoms with Gasteiger partial charge in [-0.05, 0) is 30.3 Å². The zero-order valence-corrected chi connectivity index (χ0v) is 24.0. The van der Waals surface area contributed by atoms with Gasteiger partial charge in [-0.25, -0.2) is 9.97 Å². The number of rotatable bonds is 9. The van der Waals surface area contributed by atoms with Crippen LogP contribution in [0.4, 0.5) is 22.3 Å². The van der Waals surface area contributed by atoms with Gasteiger partial charge in [0.2, 0.25) is 5.75 Å². The number of nitrogen functional groups attached to an aromatic ring is 1. The topological polar surface area (TPSA) is 121 Å². The number of amides is 1. The number of nitrogens with zero attached hydrogens (tertiary/aromatic N) is 2. The van der Waals surface area contributed by atoms with Gasteiger partial charge in [-0.15, -0.1) is 11.3 Å². The third kappa shape index (κ3) is 5.81. The number of hydrogen-bond acceptors (Lipinski definition) is 10. The van der Waals surface area contributed by atoms with Gasteiger partial charge in [-0.2, -0.15) is 0 Å². The summed E-state index contributed by atoms with van der Waals surface area (Å²) in [7, 11) is 4.67.